The van der Waals surface area contributed by atoms with Crippen molar-refractivity contribution in [2.45, 2.75) is 32.1 Å². The van der Waals surface area contributed by atoms with Crippen molar-refractivity contribution in [2.24, 2.45) is 0 Å². The first kappa shape index (κ1) is 13.6. The van der Waals surface area contributed by atoms with Crippen LogP contribution in [0.1, 0.15) is 32.1 Å². The number of rotatable bonds is 6. The molecule has 0 aromatic carbocycles. The molecule has 0 heterocycles. The first-order valence-corrected chi connectivity index (χ1v) is 4.08. The van der Waals surface area contributed by atoms with Gasteiger partial charge in [-0.05, 0) is 12.8 Å². The predicted molar refractivity (Wildman–Crippen MR) is 48.7 cm³/mol. The van der Waals surface area contributed by atoms with E-state index in [0.717, 1.165) is 25.7 Å². The Balaban J connectivity index is 0. The zero-order valence-corrected chi connectivity index (χ0v) is 7.96. The van der Waals surface area contributed by atoms with Crippen LogP contribution in [0.15, 0.2) is 0 Å². The summed E-state index contributed by atoms with van der Waals surface area (Å²) in [5.74, 6) is -0.0153. The first-order chi connectivity index (χ1) is 4.77. The Hall–Kier alpha value is 0.0500. The summed E-state index contributed by atoms with van der Waals surface area (Å²) in [5, 5.41) is 8.24. The van der Waals surface area contributed by atoms with E-state index in [1.807, 2.05) is 0 Å². The van der Waals surface area contributed by atoms with E-state index in [0.29, 0.717) is 12.3 Å². The smallest absolute Gasteiger partial charge is 0.303 e. The van der Waals surface area contributed by atoms with Gasteiger partial charge in [0.15, 0.2) is 0 Å². The van der Waals surface area contributed by atoms with Gasteiger partial charge < -0.3 is 5.11 Å². The molecule has 0 atom stereocenters. The van der Waals surface area contributed by atoms with Gasteiger partial charge in [0.1, 0.15) is 0 Å². The maximum Gasteiger partial charge on any atom is 0.303 e. The molecule has 0 aliphatic carbocycles. The molecular weight excluding hydrogens is 187 g/mol. The summed E-state index contributed by atoms with van der Waals surface area (Å²) in [7, 11) is 0. The molecule has 0 amide bonds. The van der Waals surface area contributed by atoms with Crippen LogP contribution in [0, 0.1) is 0 Å². The van der Waals surface area contributed by atoms with Crippen molar-refractivity contribution in [2.75, 3.05) is 5.88 Å². The molecule has 2 nitrogen and oxygen atoms in total. The van der Waals surface area contributed by atoms with E-state index in [1.165, 1.54) is 0 Å². The van der Waals surface area contributed by atoms with Crippen molar-refractivity contribution >= 4 is 30.0 Å². The van der Waals surface area contributed by atoms with Crippen LogP contribution in [0.2, 0.25) is 0 Å². The lowest BCUT2D eigenvalue weighted by Gasteiger charge is -1.94. The summed E-state index contributed by atoms with van der Waals surface area (Å²) in [6.07, 6.45) is 4.12. The van der Waals surface area contributed by atoms with Crippen molar-refractivity contribution in [3.05, 3.63) is 0 Å². The van der Waals surface area contributed by atoms with Gasteiger partial charge in [0.25, 0.3) is 0 Å². The van der Waals surface area contributed by atoms with E-state index < -0.39 is 5.97 Å². The van der Waals surface area contributed by atoms with E-state index in [-0.39, 0.29) is 12.4 Å². The Morgan fingerprint density at radius 3 is 2.18 bits per heavy atom. The van der Waals surface area contributed by atoms with Crippen LogP contribution in [-0.2, 0) is 4.79 Å². The van der Waals surface area contributed by atoms with Gasteiger partial charge in [0, 0.05) is 12.3 Å². The van der Waals surface area contributed by atoms with Crippen LogP contribution in [0.25, 0.3) is 0 Å². The van der Waals surface area contributed by atoms with Gasteiger partial charge in [0.2, 0.25) is 0 Å². The van der Waals surface area contributed by atoms with E-state index in [2.05, 4.69) is 0 Å². The van der Waals surface area contributed by atoms with E-state index in [9.17, 15) is 4.79 Å². The Kier molecular flexibility index (Phi) is 12.5. The summed E-state index contributed by atoms with van der Waals surface area (Å²) in [6, 6.07) is 0. The molecule has 4 heteroatoms. The number of carboxylic acids is 1. The van der Waals surface area contributed by atoms with Crippen molar-refractivity contribution in [3.8, 4) is 0 Å². The van der Waals surface area contributed by atoms with Gasteiger partial charge in [-0.3, -0.25) is 4.79 Å². The lowest BCUT2D eigenvalue weighted by molar-refractivity contribution is -0.137. The number of aliphatic carboxylic acids is 1. The number of carboxylic acid groups (broad SMARTS) is 1. The van der Waals surface area contributed by atoms with Crippen LogP contribution < -0.4 is 0 Å². The van der Waals surface area contributed by atoms with Gasteiger partial charge in [-0.15, -0.1) is 24.0 Å². The Bertz CT molecular complexity index is 96.4. The van der Waals surface area contributed by atoms with Crippen LogP contribution in [0.4, 0.5) is 0 Å². The average Bonchev–Trinajstić information content (AvgIpc) is 1.87. The molecule has 0 bridgehead atoms. The van der Waals surface area contributed by atoms with Gasteiger partial charge >= 0.3 is 5.97 Å². The van der Waals surface area contributed by atoms with Gasteiger partial charge in [0.05, 0.1) is 0 Å². The molecule has 0 aliphatic heterocycles. The second-order valence-electron chi connectivity index (χ2n) is 2.25. The largest absolute Gasteiger partial charge is 0.481 e. The molecule has 0 unspecified atom stereocenters. The van der Waals surface area contributed by atoms with Crippen LogP contribution in [0.5, 0.6) is 0 Å². The summed E-state index contributed by atoms with van der Waals surface area (Å²) >= 11 is 5.43. The van der Waals surface area contributed by atoms with Crippen LogP contribution in [-0.4, -0.2) is 17.0 Å². The van der Waals surface area contributed by atoms with Gasteiger partial charge in [-0.1, -0.05) is 12.8 Å². The van der Waals surface area contributed by atoms with Gasteiger partial charge in [-0.25, -0.2) is 0 Å². The van der Waals surface area contributed by atoms with Crippen molar-refractivity contribution < 1.29 is 9.90 Å². The number of halogens is 2. The Morgan fingerprint density at radius 1 is 1.18 bits per heavy atom. The minimum absolute atomic E-state index is 0. The lowest BCUT2D eigenvalue weighted by atomic mass is 10.2. The minimum Gasteiger partial charge on any atom is -0.481 e. The molecule has 0 rings (SSSR count). The monoisotopic (exact) mass is 200 g/mol. The second kappa shape index (κ2) is 10.0. The van der Waals surface area contributed by atoms with Crippen LogP contribution >= 0.6 is 24.0 Å². The number of unbranched alkanes of at least 4 members (excludes halogenated alkanes) is 3. The topological polar surface area (TPSA) is 37.3 Å². The highest BCUT2D eigenvalue weighted by Gasteiger charge is 1.94. The molecule has 0 aromatic heterocycles. The third kappa shape index (κ3) is 13.1. The molecular formula is C7H14Cl2O2. The molecule has 0 aliphatic rings. The van der Waals surface area contributed by atoms with Crippen molar-refractivity contribution in [1.29, 1.82) is 0 Å². The summed E-state index contributed by atoms with van der Waals surface area (Å²) in [6.45, 7) is 0. The second-order valence-corrected chi connectivity index (χ2v) is 2.62. The maximum absolute atomic E-state index is 10.0. The zero-order valence-electron chi connectivity index (χ0n) is 6.38. The fourth-order valence-corrected chi connectivity index (χ4v) is 0.913. The van der Waals surface area contributed by atoms with Gasteiger partial charge in [-0.2, -0.15) is 0 Å². The maximum atomic E-state index is 10.0. The molecule has 0 fully saturated rings. The molecule has 0 spiro atoms. The molecule has 0 saturated heterocycles. The molecule has 0 radical (unpaired) electrons. The number of carbonyl (C=O) groups is 1. The molecule has 1 N–H and O–H groups in total. The highest BCUT2D eigenvalue weighted by atomic mass is 35.5. The first-order valence-electron chi connectivity index (χ1n) is 3.55. The molecule has 0 saturated carbocycles. The number of alkyl halides is 1. The van der Waals surface area contributed by atoms with E-state index in [4.69, 9.17) is 16.7 Å². The Morgan fingerprint density at radius 2 is 1.73 bits per heavy atom. The molecule has 0 aromatic rings. The quantitative estimate of drug-likeness (QED) is 0.529. The van der Waals surface area contributed by atoms with Crippen molar-refractivity contribution in [1.82, 2.24) is 0 Å². The third-order valence-corrected chi connectivity index (χ3v) is 1.54. The highest BCUT2D eigenvalue weighted by Crippen LogP contribution is 2.03. The SMILES string of the molecule is Cl.O=C(O)CCCCCCCl. The van der Waals surface area contributed by atoms with Crippen molar-refractivity contribution in [3.63, 3.8) is 0 Å². The summed E-state index contributed by atoms with van der Waals surface area (Å²) < 4.78 is 0. The number of hydrogen-bond donors (Lipinski definition) is 1. The lowest BCUT2D eigenvalue weighted by Crippen LogP contribution is -1.93. The average molecular weight is 201 g/mol. The van der Waals surface area contributed by atoms with E-state index >= 15 is 0 Å². The fraction of sp³-hybridized carbons (Fsp3) is 0.857. The predicted octanol–water partition coefficient (Wildman–Crippen LogP) is 2.68. The molecule has 11 heavy (non-hydrogen) atoms. The van der Waals surface area contributed by atoms with E-state index in [1.54, 1.807) is 0 Å². The standard InChI is InChI=1S/C7H13ClO2.ClH/c8-6-4-2-1-3-5-7(9)10;/h1-6H2,(H,9,10);1H. The zero-order chi connectivity index (χ0) is 7.82. The fourth-order valence-electron chi connectivity index (χ4n) is 0.724. The Labute approximate surface area is 78.3 Å². The summed E-state index contributed by atoms with van der Waals surface area (Å²) in [4.78, 5) is 10.0. The minimum atomic E-state index is -0.703. The summed E-state index contributed by atoms with van der Waals surface area (Å²) in [5.41, 5.74) is 0. The highest BCUT2D eigenvalue weighted by molar-refractivity contribution is 6.17. The third-order valence-electron chi connectivity index (χ3n) is 1.27. The number of hydrogen-bond acceptors (Lipinski definition) is 1. The molecule has 68 valence electrons. The van der Waals surface area contributed by atoms with Crippen LogP contribution in [0.3, 0.4) is 0 Å². The normalized spacial score (nSPS) is 8.82.